The number of carboxylic acids is 1. The molecule has 3 aromatic rings. The monoisotopic (exact) mass is 553 g/mol. The molecule has 0 saturated carbocycles. The maximum absolute atomic E-state index is 13.9. The Labute approximate surface area is 234 Å². The van der Waals surface area contributed by atoms with Gasteiger partial charge in [-0.15, -0.1) is 0 Å². The van der Waals surface area contributed by atoms with Crippen molar-refractivity contribution in [2.24, 2.45) is 5.41 Å². The lowest BCUT2D eigenvalue weighted by Crippen LogP contribution is -2.33. The number of para-hydroxylation sites is 1. The maximum Gasteiger partial charge on any atom is 0.331 e. The molecule has 200 valence electrons. The van der Waals surface area contributed by atoms with E-state index in [-0.39, 0.29) is 27.6 Å². The van der Waals surface area contributed by atoms with Gasteiger partial charge in [0.1, 0.15) is 11.6 Å². The van der Waals surface area contributed by atoms with Gasteiger partial charge in [-0.05, 0) is 79.1 Å². The molecule has 0 bridgehead atoms. The predicted octanol–water partition coefficient (Wildman–Crippen LogP) is 6.12. The zero-order chi connectivity index (χ0) is 30.2. The third-order valence-electron chi connectivity index (χ3n) is 7.31. The minimum atomic E-state index is -2.91. The largest absolute Gasteiger partial charge is 0.495 e. The average Bonchev–Trinajstić information content (AvgIpc) is 3.27. The number of benzene rings is 3. The normalized spacial score (nSPS) is 19.7. The fraction of sp³-hybridized carbons (Fsp3) is 0.233. The van der Waals surface area contributed by atoms with Gasteiger partial charge in [0.15, 0.2) is 0 Å². The Morgan fingerprint density at radius 1 is 1.13 bits per heavy atom. The van der Waals surface area contributed by atoms with Crippen molar-refractivity contribution in [1.29, 1.82) is 0 Å². The summed E-state index contributed by atoms with van der Waals surface area (Å²) in [6.45, 7) is 0.297. The first kappa shape index (κ1) is 22.8. The lowest BCUT2D eigenvalue weighted by atomic mass is 9.79. The molecule has 0 unspecified atom stereocenters. The predicted molar refractivity (Wildman–Crippen MR) is 146 cm³/mol. The van der Waals surface area contributed by atoms with Crippen molar-refractivity contribution < 1.29 is 32.7 Å². The highest BCUT2D eigenvalue weighted by Gasteiger charge is 2.39. The fourth-order valence-corrected chi connectivity index (χ4v) is 5.52. The summed E-state index contributed by atoms with van der Waals surface area (Å²) in [6, 6.07) is 14.7. The molecule has 1 aliphatic carbocycles. The van der Waals surface area contributed by atoms with E-state index in [0.29, 0.717) is 43.5 Å². The summed E-state index contributed by atoms with van der Waals surface area (Å²) in [5.41, 5.74) is 1.42. The van der Waals surface area contributed by atoms with Crippen molar-refractivity contribution >= 4 is 40.8 Å². The molecule has 2 N–H and O–H groups in total. The number of allylic oxidation sites excluding steroid dienone is 1. The number of aliphatic carboxylic acids is 1. The Morgan fingerprint density at radius 3 is 2.72 bits per heavy atom. The maximum atomic E-state index is 13.9. The highest BCUT2D eigenvalue weighted by Crippen LogP contribution is 2.46. The molecule has 3 aromatic carbocycles. The van der Waals surface area contributed by atoms with Gasteiger partial charge < -0.3 is 20.1 Å². The minimum absolute atomic E-state index is 0.0100. The molecule has 2 aliphatic rings. The number of methoxy groups -OCH3 is 1. The molecule has 0 radical (unpaired) electrons. The van der Waals surface area contributed by atoms with E-state index in [4.69, 9.17) is 20.5 Å². The summed E-state index contributed by atoms with van der Waals surface area (Å²) in [5, 5.41) is 12.0. The van der Waals surface area contributed by atoms with E-state index < -0.39 is 36.1 Å². The van der Waals surface area contributed by atoms with Crippen molar-refractivity contribution in [1.82, 2.24) is 0 Å². The number of hydrogen-bond donors (Lipinski definition) is 2. The number of ether oxygens (including phenoxy) is 1. The number of anilines is 2. The van der Waals surface area contributed by atoms with E-state index >= 15 is 0 Å². The lowest BCUT2D eigenvalue weighted by molar-refractivity contribution is -0.132. The zero-order valence-electron chi connectivity index (χ0n) is 23.7. The van der Waals surface area contributed by atoms with Crippen LogP contribution >= 0.6 is 11.6 Å². The second kappa shape index (κ2) is 10.5. The third-order valence-corrected chi connectivity index (χ3v) is 7.64. The molecule has 2 amide bonds. The summed E-state index contributed by atoms with van der Waals surface area (Å²) in [7, 11) is -2.91. The van der Waals surface area contributed by atoms with Gasteiger partial charge in [0.25, 0.3) is 11.8 Å². The van der Waals surface area contributed by atoms with E-state index in [1.807, 2.05) is 30.3 Å². The van der Waals surface area contributed by atoms with Gasteiger partial charge in [-0.2, -0.15) is 0 Å². The zero-order valence-corrected chi connectivity index (χ0v) is 21.4. The Bertz CT molecular complexity index is 1630. The highest BCUT2D eigenvalue weighted by atomic mass is 35.5. The van der Waals surface area contributed by atoms with Gasteiger partial charge in [-0.1, -0.05) is 35.9 Å². The van der Waals surface area contributed by atoms with Gasteiger partial charge in [0.2, 0.25) is 0 Å². The number of amides is 2. The summed E-state index contributed by atoms with van der Waals surface area (Å²) < 4.78 is 41.7. The number of rotatable bonds is 5. The highest BCUT2D eigenvalue weighted by molar-refractivity contribution is 6.34. The van der Waals surface area contributed by atoms with Crippen molar-refractivity contribution in [2.45, 2.75) is 25.7 Å². The van der Waals surface area contributed by atoms with Crippen LogP contribution in [0.4, 0.5) is 15.8 Å². The fourth-order valence-electron chi connectivity index (χ4n) is 5.32. The van der Waals surface area contributed by atoms with Gasteiger partial charge in [0.05, 0.1) is 27.4 Å². The quantitative estimate of drug-likeness (QED) is 0.371. The number of nitrogens with zero attached hydrogens (tertiary/aromatic N) is 1. The molecule has 1 heterocycles. The van der Waals surface area contributed by atoms with Gasteiger partial charge in [-0.3, -0.25) is 9.59 Å². The van der Waals surface area contributed by atoms with Crippen LogP contribution in [0.2, 0.25) is 5.02 Å². The molecular weight excluding hydrogens is 525 g/mol. The second-order valence-electron chi connectivity index (χ2n) is 9.74. The summed E-state index contributed by atoms with van der Waals surface area (Å²) >= 11 is 6.05. The van der Waals surface area contributed by atoms with E-state index in [1.54, 1.807) is 4.90 Å². The molecule has 0 fully saturated rings. The molecule has 0 saturated heterocycles. The summed E-state index contributed by atoms with van der Waals surface area (Å²) in [5.74, 6) is -3.14. The third kappa shape index (κ3) is 5.25. The van der Waals surface area contributed by atoms with Crippen molar-refractivity contribution in [3.8, 4) is 5.75 Å². The van der Waals surface area contributed by atoms with E-state index in [0.717, 1.165) is 17.7 Å². The number of carboxylic acid groups (broad SMARTS) is 1. The molecule has 5 rings (SSSR count). The number of nitrogens with one attached hydrogen (secondary N) is 1. The van der Waals surface area contributed by atoms with E-state index in [1.165, 1.54) is 24.3 Å². The number of fused-ring (bicyclic) bond motifs is 1. The van der Waals surface area contributed by atoms with Crippen LogP contribution in [0, 0.1) is 11.2 Å². The van der Waals surface area contributed by atoms with Crippen molar-refractivity contribution in [3.63, 3.8) is 0 Å². The molecule has 1 spiro atoms. The number of halogens is 2. The number of hydrogen-bond acceptors (Lipinski definition) is 4. The van der Waals surface area contributed by atoms with Gasteiger partial charge >= 0.3 is 5.97 Å². The van der Waals surface area contributed by atoms with Crippen molar-refractivity contribution in [2.75, 3.05) is 23.8 Å². The standard InChI is InChI=1S/C30H26ClFN2O5/c1-39-26-14-18(6-9-24(26)33-27(35)22-15-21(32)7-8-23(22)31)28(36)34-13-12-30(11-10-20(17-30)29(37)38)16-19-4-2-3-5-25(19)34/h2-9,14-15,17H,10-13,16H2,1H3,(H,33,35)(H,37,38)/t30-/m0/s1/i1+1D3,27+1. The van der Waals surface area contributed by atoms with Crippen molar-refractivity contribution in [3.05, 3.63) is 99.8 Å². The molecule has 7 nitrogen and oxygen atoms in total. The van der Waals surface area contributed by atoms with E-state index in [2.05, 4.69) is 5.32 Å². The lowest BCUT2D eigenvalue weighted by Gasteiger charge is -2.26. The van der Waals surface area contributed by atoms with E-state index in [9.17, 15) is 23.9 Å². The van der Waals surface area contributed by atoms with Crippen LogP contribution in [0.5, 0.6) is 5.75 Å². The first-order valence-electron chi connectivity index (χ1n) is 13.8. The SMILES string of the molecule is [2H][13C]([2H])([2H])Oc1cc(C(=O)N2CC[C@]3(C=C(C(=O)O)CC3)Cc3ccccc32)ccc1N[13C](=O)c1cc(F)ccc1Cl. The molecule has 9 heteroatoms. The Hall–Kier alpha value is -4.17. The molecule has 39 heavy (non-hydrogen) atoms. The molecular formula is C30H26ClFN2O5. The second-order valence-corrected chi connectivity index (χ2v) is 10.1. The van der Waals surface area contributed by atoms with Gasteiger partial charge in [0, 0.05) is 23.4 Å². The molecule has 1 aliphatic heterocycles. The smallest absolute Gasteiger partial charge is 0.331 e. The molecule has 0 aromatic heterocycles. The number of carbonyl (C=O) groups excluding carboxylic acids is 2. The average molecular weight is 554 g/mol. The topological polar surface area (TPSA) is 95.9 Å². The van der Waals surface area contributed by atoms with Crippen LogP contribution in [-0.2, 0) is 11.2 Å². The molecule has 1 atom stereocenters. The summed E-state index contributed by atoms with van der Waals surface area (Å²) in [6.07, 6.45) is 4.04. The Morgan fingerprint density at radius 2 is 1.95 bits per heavy atom. The van der Waals surface area contributed by atoms with Crippen LogP contribution in [0.15, 0.2) is 72.3 Å². The minimum Gasteiger partial charge on any atom is -0.495 e. The van der Waals surface area contributed by atoms with Crippen LogP contribution < -0.4 is 15.0 Å². The van der Waals surface area contributed by atoms with Crippen LogP contribution in [0.3, 0.4) is 0 Å². The Kier molecular flexibility index (Phi) is 6.15. The van der Waals surface area contributed by atoms with Crippen LogP contribution in [-0.4, -0.2) is 36.5 Å². The number of carbonyl (C=O) groups is 3. The van der Waals surface area contributed by atoms with Crippen LogP contribution in [0.25, 0.3) is 0 Å². The van der Waals surface area contributed by atoms with Gasteiger partial charge in [-0.25, -0.2) is 9.18 Å². The first-order valence-corrected chi connectivity index (χ1v) is 12.7. The summed E-state index contributed by atoms with van der Waals surface area (Å²) in [4.78, 5) is 40.0. The Balaban J connectivity index is 1.47. The first-order chi connectivity index (χ1) is 19.8. The van der Waals surface area contributed by atoms with Crippen LogP contribution in [0.1, 0.15) is 49.7 Å².